The van der Waals surface area contributed by atoms with Gasteiger partial charge in [0.05, 0.1) is 6.54 Å². The second kappa shape index (κ2) is 54.4. The van der Waals surface area contributed by atoms with Gasteiger partial charge in [0.25, 0.3) is 0 Å². The summed E-state index contributed by atoms with van der Waals surface area (Å²) in [6, 6.07) is 103. The number of para-hydroxylation sites is 2. The third-order valence-corrected chi connectivity index (χ3v) is 14.0. The molecule has 0 amide bonds. The monoisotopic (exact) mass is 1440 g/mol. The van der Waals surface area contributed by atoms with E-state index in [2.05, 4.69) is 204 Å². The first-order valence-corrected chi connectivity index (χ1v) is 32.5. The molecule has 6 nitrogen and oxygen atoms in total. The predicted octanol–water partition coefficient (Wildman–Crippen LogP) is 23.2. The van der Waals surface area contributed by atoms with E-state index in [1.54, 1.807) is 0 Å². The number of nitrogens with zero attached hydrogens (tertiary/aromatic N) is 5. The molecule has 0 fully saturated rings. The number of anilines is 1. The topological polar surface area (TPSA) is 59.1 Å². The molecule has 8 heteroatoms. The summed E-state index contributed by atoms with van der Waals surface area (Å²) >= 11 is 0. The van der Waals surface area contributed by atoms with Gasteiger partial charge in [-0.15, -0.1) is 97.2 Å². The zero-order valence-corrected chi connectivity index (χ0v) is 63.9. The van der Waals surface area contributed by atoms with Crippen molar-refractivity contribution >= 4 is 17.3 Å². The molecule has 11 aromatic rings. The molecule has 0 heterocycles. The maximum absolute atomic E-state index is 4.97. The van der Waals surface area contributed by atoms with Crippen molar-refractivity contribution in [3.63, 3.8) is 0 Å². The van der Waals surface area contributed by atoms with Crippen LogP contribution in [0.2, 0.25) is 0 Å². The van der Waals surface area contributed by atoms with Crippen LogP contribution in [0.3, 0.4) is 0 Å². The van der Waals surface area contributed by atoms with E-state index in [-0.39, 0.29) is 58.7 Å². The minimum absolute atomic E-state index is 0. The molecule has 502 valence electrons. The maximum atomic E-state index is 4.97. The van der Waals surface area contributed by atoms with Gasteiger partial charge in [0, 0.05) is 45.0 Å². The largest absolute Gasteiger partial charge is 4.00 e. The van der Waals surface area contributed by atoms with Crippen molar-refractivity contribution in [1.29, 1.82) is 0 Å². The Kier molecular flexibility index (Phi) is 48.4. The van der Waals surface area contributed by atoms with Crippen molar-refractivity contribution in [1.82, 2.24) is 9.80 Å². The van der Waals surface area contributed by atoms with Crippen LogP contribution in [-0.2, 0) is 65.5 Å². The molecule has 1 atom stereocenters. The molecule has 11 aromatic carbocycles. The van der Waals surface area contributed by atoms with Gasteiger partial charge < -0.3 is 25.8 Å². The van der Waals surface area contributed by atoms with Crippen LogP contribution in [0.1, 0.15) is 100 Å². The zero-order valence-electron chi connectivity index (χ0n) is 59.0. The minimum atomic E-state index is -0.134. The fourth-order valence-corrected chi connectivity index (χ4v) is 8.64. The number of nitrogens with one attached hydrogen (secondary N) is 1. The molecule has 0 aromatic heterocycles. The summed E-state index contributed by atoms with van der Waals surface area (Å²) in [4.78, 5) is 9.39. The van der Waals surface area contributed by atoms with Gasteiger partial charge in [-0.25, -0.2) is 4.99 Å². The summed E-state index contributed by atoms with van der Waals surface area (Å²) in [5.74, 6) is 0.941. The molecule has 1 N–H and O–H groups in total. The molecular formula is C89H103N6Zr2-5. The van der Waals surface area contributed by atoms with E-state index < -0.39 is 0 Å². The van der Waals surface area contributed by atoms with Crippen LogP contribution in [0.4, 0.5) is 11.4 Å². The Labute approximate surface area is 626 Å². The third kappa shape index (κ3) is 40.4. The van der Waals surface area contributed by atoms with Crippen LogP contribution >= 0.6 is 0 Å². The molecule has 0 radical (unpaired) electrons. The van der Waals surface area contributed by atoms with Crippen LogP contribution in [-0.4, -0.2) is 48.2 Å². The first-order chi connectivity index (χ1) is 46.1. The van der Waals surface area contributed by atoms with Gasteiger partial charge in [0.15, 0.2) is 5.96 Å². The van der Waals surface area contributed by atoms with E-state index in [1.807, 2.05) is 224 Å². The van der Waals surface area contributed by atoms with Crippen LogP contribution in [0, 0.1) is 76.2 Å². The molecule has 0 spiro atoms. The van der Waals surface area contributed by atoms with Gasteiger partial charge in [0.2, 0.25) is 0 Å². The van der Waals surface area contributed by atoms with E-state index in [1.165, 1.54) is 33.4 Å². The summed E-state index contributed by atoms with van der Waals surface area (Å²) in [6.45, 7) is 48.3. The van der Waals surface area contributed by atoms with Crippen molar-refractivity contribution in [3.05, 3.63) is 441 Å². The zero-order chi connectivity index (χ0) is 69.1. The fourth-order valence-electron chi connectivity index (χ4n) is 8.64. The second-order valence-corrected chi connectivity index (χ2v) is 21.9. The molecule has 1 unspecified atom stereocenters. The third-order valence-electron chi connectivity index (χ3n) is 14.0. The molecule has 0 aliphatic heterocycles. The van der Waals surface area contributed by atoms with Crippen molar-refractivity contribution in [2.45, 2.75) is 74.8 Å². The van der Waals surface area contributed by atoms with Gasteiger partial charge in [-0.05, 0) is 71.3 Å². The van der Waals surface area contributed by atoms with Gasteiger partial charge in [-0.3, -0.25) is 0 Å². The first kappa shape index (κ1) is 86.3. The average Bonchev–Trinajstić information content (AvgIpc) is 1.17. The van der Waals surface area contributed by atoms with E-state index in [4.69, 9.17) is 15.6 Å². The smallest absolute Gasteiger partial charge is 0.687 e. The quantitative estimate of drug-likeness (QED) is 0.0711. The van der Waals surface area contributed by atoms with Crippen molar-refractivity contribution < 1.29 is 52.4 Å². The van der Waals surface area contributed by atoms with E-state index in [0.717, 1.165) is 82.5 Å². The number of benzene rings is 11. The Morgan fingerprint density at radius 1 is 0.351 bits per heavy atom. The normalized spacial score (nSPS) is 9.97. The van der Waals surface area contributed by atoms with Gasteiger partial charge in [-0.2, -0.15) is 179 Å². The number of guanidine groups is 1. The van der Waals surface area contributed by atoms with E-state index in [0.29, 0.717) is 13.1 Å². The number of aliphatic imine (C=N–C) groups is 1. The van der Waals surface area contributed by atoms with Crippen molar-refractivity contribution in [2.75, 3.05) is 31.5 Å². The molecule has 0 saturated heterocycles. The molecular weight excluding hydrogens is 1340 g/mol. The maximum Gasteiger partial charge on any atom is 4.00 e. The molecule has 0 aliphatic rings. The Balaban J connectivity index is 0.000000579. The molecule has 0 bridgehead atoms. The molecule has 0 saturated carbocycles. The van der Waals surface area contributed by atoms with Crippen LogP contribution < -0.4 is 5.32 Å². The standard InChI is InChI=1S/2C20H27N3.7C7H7.2Zr/c2*1-5-23(6-2)20(21-15-18-13-8-7-9-14-18)22-19-16(3)11-10-12-17(19)4;7*1-7-5-3-2-4-6-7;;/h7-14H,5-6,15H2,1-4H3,(H,21,22);7-14,20H,5-6,15H2,1-4H3;7*2-6H,1H2;;/q;-2;7*-1;;+4. The molecule has 97 heavy (non-hydrogen) atoms. The number of rotatable bonds is 13. The van der Waals surface area contributed by atoms with Crippen LogP contribution in [0.5, 0.6) is 0 Å². The SMILES string of the molecule is CCN(CC)C(=NCc1ccccc1)Nc1c(C)cccc1C.CCN(CC)C([N-]Cc1ccccc1)[N-]c1c(C)cccc1C.[CH2-]c1ccccc1.[CH2-]c1ccccc1.[CH2-]c1ccccc1.[CH2-]c1ccccc1.[CH2-]c1ccccc1.[CH2-]c1ccccc1.[CH2-]c1ccccc1.[Zr+4].[Zr]. The Bertz CT molecular complexity index is 3200. The Hall–Kier alpha value is -8.73. The fraction of sp³-hybridized carbons (Fsp3) is 0.169. The summed E-state index contributed by atoms with van der Waals surface area (Å²) in [5.41, 5.74) is 17.1. The summed E-state index contributed by atoms with van der Waals surface area (Å²) in [5, 5.41) is 13.4. The van der Waals surface area contributed by atoms with Gasteiger partial charge >= 0.3 is 26.2 Å². The molecule has 0 aliphatic carbocycles. The van der Waals surface area contributed by atoms with Gasteiger partial charge in [-0.1, -0.05) is 170 Å². The summed E-state index contributed by atoms with van der Waals surface area (Å²) < 4.78 is 0. The van der Waals surface area contributed by atoms with E-state index in [9.17, 15) is 0 Å². The van der Waals surface area contributed by atoms with Crippen molar-refractivity contribution in [3.8, 4) is 0 Å². The summed E-state index contributed by atoms with van der Waals surface area (Å²) in [6.07, 6.45) is -0.134. The van der Waals surface area contributed by atoms with Crippen molar-refractivity contribution in [2.24, 2.45) is 4.99 Å². The number of hydrogen-bond donors (Lipinski definition) is 1. The average molecular weight is 1440 g/mol. The van der Waals surface area contributed by atoms with Crippen LogP contribution in [0.25, 0.3) is 10.6 Å². The Morgan fingerprint density at radius 2 is 0.608 bits per heavy atom. The number of hydrogen-bond acceptors (Lipinski definition) is 2. The predicted molar refractivity (Wildman–Crippen MR) is 415 cm³/mol. The van der Waals surface area contributed by atoms with Crippen LogP contribution in [0.15, 0.2) is 314 Å². The minimum Gasteiger partial charge on any atom is -0.687 e. The number of aryl methyl sites for hydroxylation is 4. The van der Waals surface area contributed by atoms with Gasteiger partial charge in [0.1, 0.15) is 0 Å². The Morgan fingerprint density at radius 3 is 0.856 bits per heavy atom. The van der Waals surface area contributed by atoms with E-state index >= 15 is 0 Å². The first-order valence-electron chi connectivity index (χ1n) is 32.5. The summed E-state index contributed by atoms with van der Waals surface area (Å²) in [7, 11) is 0. The molecule has 11 rings (SSSR count). The second-order valence-electron chi connectivity index (χ2n) is 21.9.